The number of aromatic nitrogens is 1. The molecule has 0 atom stereocenters. The van der Waals surface area contributed by atoms with E-state index >= 15 is 0 Å². The van der Waals surface area contributed by atoms with Crippen molar-refractivity contribution >= 4 is 5.71 Å². The van der Waals surface area contributed by atoms with Gasteiger partial charge in [0.25, 0.3) is 5.56 Å². The van der Waals surface area contributed by atoms with Gasteiger partial charge in [-0.15, -0.1) is 0 Å². The SMILES string of the molecule is CC(=NCc1ccccc1)c1c(O)cc(C)n(-c2ccccc2)c1=O. The van der Waals surface area contributed by atoms with Crippen LogP contribution in [0.4, 0.5) is 0 Å². The number of rotatable bonds is 4. The van der Waals surface area contributed by atoms with Crippen LogP contribution in [0.5, 0.6) is 5.75 Å². The first kappa shape index (κ1) is 16.7. The molecule has 0 aliphatic rings. The van der Waals surface area contributed by atoms with E-state index in [4.69, 9.17) is 0 Å². The molecule has 4 heteroatoms. The molecular weight excluding hydrogens is 312 g/mol. The third-order valence-electron chi connectivity index (χ3n) is 4.09. The zero-order chi connectivity index (χ0) is 17.8. The number of nitrogens with zero attached hydrogens (tertiary/aromatic N) is 2. The summed E-state index contributed by atoms with van der Waals surface area (Å²) in [6.07, 6.45) is 0. The van der Waals surface area contributed by atoms with Gasteiger partial charge >= 0.3 is 0 Å². The number of aryl methyl sites for hydroxylation is 1. The lowest BCUT2D eigenvalue weighted by atomic mass is 10.1. The molecule has 0 bridgehead atoms. The molecule has 0 radical (unpaired) electrons. The molecule has 1 aromatic heterocycles. The molecule has 0 saturated heterocycles. The molecule has 126 valence electrons. The molecule has 25 heavy (non-hydrogen) atoms. The standard InChI is InChI=1S/C21H20N2O2/c1-15-13-19(24)20(16(2)22-14-17-9-5-3-6-10-17)21(25)23(15)18-11-7-4-8-12-18/h3-13,24H,14H2,1-2H3. The van der Waals surface area contributed by atoms with E-state index in [0.29, 0.717) is 18.0 Å². The number of para-hydroxylation sites is 1. The summed E-state index contributed by atoms with van der Waals surface area (Å²) in [5.74, 6) is -0.0380. The highest BCUT2D eigenvalue weighted by Gasteiger charge is 2.16. The van der Waals surface area contributed by atoms with Gasteiger partial charge in [0.15, 0.2) is 0 Å². The van der Waals surface area contributed by atoms with Crippen LogP contribution in [0, 0.1) is 6.92 Å². The van der Waals surface area contributed by atoms with E-state index in [-0.39, 0.29) is 16.9 Å². The Morgan fingerprint density at radius 1 is 1.04 bits per heavy atom. The Balaban J connectivity index is 2.06. The summed E-state index contributed by atoms with van der Waals surface area (Å²) in [4.78, 5) is 17.5. The molecule has 3 rings (SSSR count). The quantitative estimate of drug-likeness (QED) is 0.738. The Hall–Kier alpha value is -3.14. The molecule has 0 unspecified atom stereocenters. The Labute approximate surface area is 146 Å². The maximum Gasteiger partial charge on any atom is 0.268 e. The van der Waals surface area contributed by atoms with Crippen molar-refractivity contribution in [2.45, 2.75) is 20.4 Å². The summed E-state index contributed by atoms with van der Waals surface area (Å²) in [7, 11) is 0. The molecule has 2 aromatic carbocycles. The van der Waals surface area contributed by atoms with Gasteiger partial charge in [-0.2, -0.15) is 0 Å². The van der Waals surface area contributed by atoms with Crippen LogP contribution in [0.15, 0.2) is 76.5 Å². The normalized spacial score (nSPS) is 11.5. The lowest BCUT2D eigenvalue weighted by Crippen LogP contribution is -2.26. The topological polar surface area (TPSA) is 54.6 Å². The summed E-state index contributed by atoms with van der Waals surface area (Å²) >= 11 is 0. The highest BCUT2D eigenvalue weighted by molar-refractivity contribution is 6.00. The molecule has 0 spiro atoms. The molecule has 1 N–H and O–H groups in total. The van der Waals surface area contributed by atoms with E-state index in [1.54, 1.807) is 24.5 Å². The van der Waals surface area contributed by atoms with E-state index < -0.39 is 0 Å². The van der Waals surface area contributed by atoms with Crippen LogP contribution in [0.25, 0.3) is 5.69 Å². The molecule has 0 aliphatic heterocycles. The second-order valence-electron chi connectivity index (χ2n) is 5.91. The largest absolute Gasteiger partial charge is 0.507 e. The van der Waals surface area contributed by atoms with Gasteiger partial charge < -0.3 is 5.11 Å². The minimum absolute atomic E-state index is 0.0380. The van der Waals surface area contributed by atoms with Crippen LogP contribution in [0.3, 0.4) is 0 Å². The second-order valence-corrected chi connectivity index (χ2v) is 5.91. The maximum absolute atomic E-state index is 13.0. The van der Waals surface area contributed by atoms with Crippen molar-refractivity contribution in [1.29, 1.82) is 0 Å². The maximum atomic E-state index is 13.0. The van der Waals surface area contributed by atoms with Crippen molar-refractivity contribution in [1.82, 2.24) is 4.57 Å². The number of hydrogen-bond donors (Lipinski definition) is 1. The number of aromatic hydroxyl groups is 1. The van der Waals surface area contributed by atoms with Gasteiger partial charge in [0.05, 0.1) is 6.54 Å². The highest BCUT2D eigenvalue weighted by atomic mass is 16.3. The summed E-state index contributed by atoms with van der Waals surface area (Å²) in [5.41, 5.74) is 2.99. The van der Waals surface area contributed by atoms with Gasteiger partial charge in [-0.25, -0.2) is 0 Å². The first-order valence-corrected chi connectivity index (χ1v) is 8.14. The third kappa shape index (κ3) is 3.53. The summed E-state index contributed by atoms with van der Waals surface area (Å²) < 4.78 is 1.59. The average Bonchev–Trinajstić information content (AvgIpc) is 2.61. The van der Waals surface area contributed by atoms with Gasteiger partial charge in [-0.1, -0.05) is 48.5 Å². The highest BCUT2D eigenvalue weighted by Crippen LogP contribution is 2.19. The fraction of sp³-hybridized carbons (Fsp3) is 0.143. The van der Waals surface area contributed by atoms with E-state index in [0.717, 1.165) is 11.3 Å². The predicted molar refractivity (Wildman–Crippen MR) is 101 cm³/mol. The summed E-state index contributed by atoms with van der Waals surface area (Å²) in [5, 5.41) is 10.3. The zero-order valence-corrected chi connectivity index (χ0v) is 14.3. The Bertz CT molecular complexity index is 958. The fourth-order valence-electron chi connectivity index (χ4n) is 2.83. The summed E-state index contributed by atoms with van der Waals surface area (Å²) in [6, 6.07) is 20.8. The predicted octanol–water partition coefficient (Wildman–Crippen LogP) is 3.86. The number of benzene rings is 2. The second kappa shape index (κ2) is 7.18. The van der Waals surface area contributed by atoms with E-state index in [1.165, 1.54) is 0 Å². The number of hydrogen-bond acceptors (Lipinski definition) is 3. The van der Waals surface area contributed by atoms with Crippen molar-refractivity contribution in [2.24, 2.45) is 4.99 Å². The van der Waals surface area contributed by atoms with E-state index in [1.807, 2.05) is 60.7 Å². The van der Waals surface area contributed by atoms with Gasteiger partial charge in [-0.05, 0) is 31.5 Å². The Kier molecular flexibility index (Phi) is 4.80. The van der Waals surface area contributed by atoms with Gasteiger partial charge in [0, 0.05) is 23.2 Å². The van der Waals surface area contributed by atoms with Crippen LogP contribution in [-0.4, -0.2) is 15.4 Å². The molecule has 0 aliphatic carbocycles. The molecule has 0 saturated carbocycles. The van der Waals surface area contributed by atoms with E-state index in [9.17, 15) is 9.90 Å². The van der Waals surface area contributed by atoms with Crippen LogP contribution >= 0.6 is 0 Å². The van der Waals surface area contributed by atoms with Crippen molar-refractivity contribution in [3.8, 4) is 11.4 Å². The monoisotopic (exact) mass is 332 g/mol. The average molecular weight is 332 g/mol. The van der Waals surface area contributed by atoms with Crippen LogP contribution in [0.1, 0.15) is 23.7 Å². The molecule has 1 heterocycles. The molecular formula is C21H20N2O2. The smallest absolute Gasteiger partial charge is 0.268 e. The molecule has 3 aromatic rings. The van der Waals surface area contributed by atoms with Crippen molar-refractivity contribution in [2.75, 3.05) is 0 Å². The van der Waals surface area contributed by atoms with E-state index in [2.05, 4.69) is 4.99 Å². The fourth-order valence-corrected chi connectivity index (χ4v) is 2.83. The Morgan fingerprint density at radius 2 is 1.64 bits per heavy atom. The van der Waals surface area contributed by atoms with Crippen molar-refractivity contribution < 1.29 is 5.11 Å². The van der Waals surface area contributed by atoms with Crippen molar-refractivity contribution in [3.05, 3.63) is 93.9 Å². The lowest BCUT2D eigenvalue weighted by Gasteiger charge is -2.13. The van der Waals surface area contributed by atoms with Crippen LogP contribution in [-0.2, 0) is 6.54 Å². The first-order chi connectivity index (χ1) is 12.1. The van der Waals surface area contributed by atoms with Crippen LogP contribution < -0.4 is 5.56 Å². The zero-order valence-electron chi connectivity index (χ0n) is 14.3. The van der Waals surface area contributed by atoms with Gasteiger partial charge in [0.1, 0.15) is 11.3 Å². The van der Waals surface area contributed by atoms with Crippen molar-refractivity contribution in [3.63, 3.8) is 0 Å². The third-order valence-corrected chi connectivity index (χ3v) is 4.09. The molecule has 4 nitrogen and oxygen atoms in total. The minimum atomic E-state index is -0.266. The Morgan fingerprint density at radius 3 is 2.28 bits per heavy atom. The van der Waals surface area contributed by atoms with Gasteiger partial charge in [0.2, 0.25) is 0 Å². The van der Waals surface area contributed by atoms with Gasteiger partial charge in [-0.3, -0.25) is 14.4 Å². The van der Waals surface area contributed by atoms with Crippen LogP contribution in [0.2, 0.25) is 0 Å². The lowest BCUT2D eigenvalue weighted by molar-refractivity contribution is 0.470. The first-order valence-electron chi connectivity index (χ1n) is 8.14. The number of pyridine rings is 1. The number of aliphatic imine (C=N–C) groups is 1. The molecule has 0 fully saturated rings. The molecule has 0 amide bonds. The minimum Gasteiger partial charge on any atom is -0.507 e. The summed E-state index contributed by atoms with van der Waals surface area (Å²) in [6.45, 7) is 4.02.